The number of anilines is 2. The van der Waals surface area contributed by atoms with Gasteiger partial charge in [0.25, 0.3) is 5.91 Å². The predicted molar refractivity (Wildman–Crippen MR) is 158 cm³/mol. The molecule has 1 aliphatic rings. The van der Waals surface area contributed by atoms with E-state index in [4.69, 9.17) is 23.2 Å². The van der Waals surface area contributed by atoms with E-state index in [-0.39, 0.29) is 16.5 Å². The topological polar surface area (TPSA) is 86.1 Å². The Morgan fingerprint density at radius 1 is 0.974 bits per heavy atom. The molecule has 1 atom stereocenters. The molecule has 1 fully saturated rings. The van der Waals surface area contributed by atoms with Crippen molar-refractivity contribution in [2.75, 3.05) is 10.2 Å². The number of thioether (sulfide) groups is 1. The quantitative estimate of drug-likeness (QED) is 0.183. The number of benzene rings is 3. The van der Waals surface area contributed by atoms with Crippen LogP contribution in [0.25, 0.3) is 0 Å². The molecule has 0 saturated carbocycles. The van der Waals surface area contributed by atoms with Gasteiger partial charge < -0.3 is 0 Å². The molecule has 39 heavy (non-hydrogen) atoms. The first kappa shape index (κ1) is 27.0. The number of para-hydroxylation sites is 1. The second kappa shape index (κ2) is 12.1. The number of hydrogen-bond donors (Lipinski definition) is 1. The standard InChI is InChI=1S/C29H20Cl2N4O2S2/c30-23-12-6-4-8-18(23)14-21-17-33-29(38-21)34-26(36)22(16-32)28-35(20-10-2-1-3-11-20)27(37)25(39-28)15-19-9-5-7-13-24(19)31/h1-13,17,25H,14-15H2,(H,33,34,36)/b28-22-. The lowest BCUT2D eigenvalue weighted by atomic mass is 10.1. The summed E-state index contributed by atoms with van der Waals surface area (Å²) in [5.41, 5.74) is 2.17. The number of carbonyl (C=O) groups excluding carboxylic acids is 2. The molecule has 3 aromatic carbocycles. The van der Waals surface area contributed by atoms with Gasteiger partial charge in [-0.15, -0.1) is 11.3 Å². The van der Waals surface area contributed by atoms with Gasteiger partial charge in [-0.25, -0.2) is 4.98 Å². The van der Waals surface area contributed by atoms with Crippen molar-refractivity contribution >= 4 is 68.9 Å². The Labute approximate surface area is 243 Å². The molecule has 2 amide bonds. The lowest BCUT2D eigenvalue weighted by Crippen LogP contribution is -2.30. The average molecular weight is 592 g/mol. The average Bonchev–Trinajstić information content (AvgIpc) is 3.51. The second-order valence-electron chi connectivity index (χ2n) is 8.56. The fourth-order valence-corrected chi connectivity index (χ4v) is 6.64. The smallest absolute Gasteiger partial charge is 0.270 e. The third kappa shape index (κ3) is 6.02. The molecular weight excluding hydrogens is 571 g/mol. The van der Waals surface area contributed by atoms with Crippen LogP contribution in [-0.2, 0) is 22.4 Å². The Hall–Kier alpha value is -3.61. The highest BCUT2D eigenvalue weighted by molar-refractivity contribution is 8.05. The number of nitriles is 1. The number of aromatic nitrogens is 1. The normalized spacial score (nSPS) is 16.2. The van der Waals surface area contributed by atoms with E-state index in [0.717, 1.165) is 16.0 Å². The first-order valence-electron chi connectivity index (χ1n) is 11.9. The second-order valence-corrected chi connectivity index (χ2v) is 11.7. The van der Waals surface area contributed by atoms with Crippen LogP contribution in [0.2, 0.25) is 10.0 Å². The van der Waals surface area contributed by atoms with Crippen molar-refractivity contribution in [2.24, 2.45) is 0 Å². The van der Waals surface area contributed by atoms with Gasteiger partial charge in [-0.1, -0.05) is 89.6 Å². The molecule has 0 bridgehead atoms. The minimum Gasteiger partial charge on any atom is -0.297 e. The highest BCUT2D eigenvalue weighted by Gasteiger charge is 2.41. The van der Waals surface area contributed by atoms with Gasteiger partial charge in [0.2, 0.25) is 5.91 Å². The van der Waals surface area contributed by atoms with Crippen molar-refractivity contribution < 1.29 is 9.59 Å². The number of carbonyl (C=O) groups is 2. The van der Waals surface area contributed by atoms with Crippen LogP contribution in [0.1, 0.15) is 16.0 Å². The zero-order chi connectivity index (χ0) is 27.4. The van der Waals surface area contributed by atoms with E-state index in [9.17, 15) is 14.9 Å². The van der Waals surface area contributed by atoms with Gasteiger partial charge in [0.05, 0.1) is 5.25 Å². The third-order valence-corrected chi connectivity index (χ3v) is 8.89. The molecule has 10 heteroatoms. The van der Waals surface area contributed by atoms with E-state index in [1.807, 2.05) is 54.6 Å². The minimum absolute atomic E-state index is 0.165. The van der Waals surface area contributed by atoms with Crippen molar-refractivity contribution in [1.82, 2.24) is 4.98 Å². The molecule has 2 heterocycles. The van der Waals surface area contributed by atoms with Crippen LogP contribution in [0.15, 0.2) is 95.7 Å². The molecule has 1 N–H and O–H groups in total. The van der Waals surface area contributed by atoms with Crippen molar-refractivity contribution in [3.63, 3.8) is 0 Å². The summed E-state index contributed by atoms with van der Waals surface area (Å²) >= 11 is 15.1. The monoisotopic (exact) mass is 590 g/mol. The van der Waals surface area contributed by atoms with Crippen molar-refractivity contribution in [3.05, 3.63) is 122 Å². The molecule has 4 aromatic rings. The van der Waals surface area contributed by atoms with Gasteiger partial charge in [-0.05, 0) is 41.8 Å². The molecule has 194 valence electrons. The Morgan fingerprint density at radius 3 is 2.28 bits per heavy atom. The van der Waals surface area contributed by atoms with Crippen LogP contribution in [0.3, 0.4) is 0 Å². The van der Waals surface area contributed by atoms with E-state index in [2.05, 4.69) is 10.3 Å². The van der Waals surface area contributed by atoms with E-state index < -0.39 is 11.2 Å². The molecule has 1 aliphatic heterocycles. The zero-order valence-electron chi connectivity index (χ0n) is 20.3. The molecule has 0 aliphatic carbocycles. The van der Waals surface area contributed by atoms with E-state index in [0.29, 0.717) is 33.7 Å². The fraction of sp³-hybridized carbons (Fsp3) is 0.103. The summed E-state index contributed by atoms with van der Waals surface area (Å²) in [6, 6.07) is 25.9. The predicted octanol–water partition coefficient (Wildman–Crippen LogP) is 7.11. The van der Waals surface area contributed by atoms with Crippen molar-refractivity contribution in [3.8, 4) is 6.07 Å². The summed E-state index contributed by atoms with van der Waals surface area (Å²) in [4.78, 5) is 33.6. The van der Waals surface area contributed by atoms with Gasteiger partial charge in [-0.2, -0.15) is 5.26 Å². The van der Waals surface area contributed by atoms with Gasteiger partial charge in [0.15, 0.2) is 5.13 Å². The molecular formula is C29H20Cl2N4O2S2. The van der Waals surface area contributed by atoms with Gasteiger partial charge in [0, 0.05) is 33.2 Å². The van der Waals surface area contributed by atoms with E-state index in [1.165, 1.54) is 28.0 Å². The Balaban J connectivity index is 1.42. The van der Waals surface area contributed by atoms with E-state index in [1.54, 1.807) is 36.5 Å². The SMILES string of the molecule is N#C/C(C(=O)Nc1ncc(Cc2ccccc2Cl)s1)=C1/SC(Cc2ccccc2Cl)C(=O)N1c1ccccc1. The summed E-state index contributed by atoms with van der Waals surface area (Å²) in [6.07, 6.45) is 2.59. The summed E-state index contributed by atoms with van der Waals surface area (Å²) in [7, 11) is 0. The van der Waals surface area contributed by atoms with Gasteiger partial charge in [-0.3, -0.25) is 19.8 Å². The molecule has 0 radical (unpaired) electrons. The fourth-order valence-electron chi connectivity index (χ4n) is 4.10. The number of amides is 2. The maximum atomic E-state index is 13.6. The summed E-state index contributed by atoms with van der Waals surface area (Å²) in [5, 5.41) is 14.1. The largest absolute Gasteiger partial charge is 0.297 e. The molecule has 1 unspecified atom stereocenters. The summed E-state index contributed by atoms with van der Waals surface area (Å²) in [6.45, 7) is 0. The molecule has 5 rings (SSSR count). The number of hydrogen-bond acceptors (Lipinski definition) is 6. The molecule has 1 saturated heterocycles. The van der Waals surface area contributed by atoms with Crippen LogP contribution < -0.4 is 10.2 Å². The summed E-state index contributed by atoms with van der Waals surface area (Å²) < 4.78 is 0. The Morgan fingerprint density at radius 2 is 1.62 bits per heavy atom. The Bertz CT molecular complexity index is 1610. The number of rotatable bonds is 7. The highest BCUT2D eigenvalue weighted by atomic mass is 35.5. The minimum atomic E-state index is -0.634. The first-order chi connectivity index (χ1) is 18.9. The molecule has 6 nitrogen and oxygen atoms in total. The van der Waals surface area contributed by atoms with E-state index >= 15 is 0 Å². The van der Waals surface area contributed by atoms with Crippen molar-refractivity contribution in [1.29, 1.82) is 5.26 Å². The number of thiazole rings is 1. The highest BCUT2D eigenvalue weighted by Crippen LogP contribution is 2.42. The summed E-state index contributed by atoms with van der Waals surface area (Å²) in [5.74, 6) is -0.858. The van der Waals surface area contributed by atoms with Gasteiger partial charge >= 0.3 is 0 Å². The zero-order valence-corrected chi connectivity index (χ0v) is 23.4. The number of nitrogens with one attached hydrogen (secondary N) is 1. The van der Waals surface area contributed by atoms with Crippen molar-refractivity contribution in [2.45, 2.75) is 18.1 Å². The van der Waals surface area contributed by atoms with Gasteiger partial charge in [0.1, 0.15) is 16.7 Å². The maximum absolute atomic E-state index is 13.6. The van der Waals surface area contributed by atoms with Crippen LogP contribution in [-0.4, -0.2) is 22.0 Å². The maximum Gasteiger partial charge on any atom is 0.270 e. The van der Waals surface area contributed by atoms with Crippen LogP contribution in [0.4, 0.5) is 10.8 Å². The first-order valence-corrected chi connectivity index (χ1v) is 14.3. The lowest BCUT2D eigenvalue weighted by Gasteiger charge is -2.18. The Kier molecular flexibility index (Phi) is 8.34. The van der Waals surface area contributed by atoms with Crippen LogP contribution in [0.5, 0.6) is 0 Å². The van der Waals surface area contributed by atoms with Crippen LogP contribution in [0, 0.1) is 11.3 Å². The molecule has 1 aromatic heterocycles. The lowest BCUT2D eigenvalue weighted by molar-refractivity contribution is -0.117. The number of halogens is 2. The van der Waals surface area contributed by atoms with Crippen LogP contribution >= 0.6 is 46.3 Å². The number of nitrogens with zero attached hydrogens (tertiary/aromatic N) is 3. The third-order valence-electron chi connectivity index (χ3n) is 5.98. The molecule has 0 spiro atoms.